The molecule has 5 heteroatoms. The van der Waals surface area contributed by atoms with Crippen molar-refractivity contribution < 1.29 is 4.79 Å². The minimum absolute atomic E-state index is 0.435. The van der Waals surface area contributed by atoms with E-state index in [9.17, 15) is 4.79 Å². The van der Waals surface area contributed by atoms with Crippen LogP contribution in [0.25, 0.3) is 32.9 Å². The molecule has 0 aliphatic rings. The molecule has 0 fully saturated rings. The van der Waals surface area contributed by atoms with Crippen LogP contribution in [0.1, 0.15) is 27.0 Å². The number of primary amides is 1. The lowest BCUT2D eigenvalue weighted by molar-refractivity contribution is 0.100. The van der Waals surface area contributed by atoms with Crippen molar-refractivity contribution in [1.29, 1.82) is 0 Å². The average molecular weight is 473 g/mol. The maximum absolute atomic E-state index is 12.3. The van der Waals surface area contributed by atoms with Gasteiger partial charge in [-0.15, -0.1) is 0 Å². The predicted octanol–water partition coefficient (Wildman–Crippen LogP) is 7.53. The van der Waals surface area contributed by atoms with Gasteiger partial charge in [0.15, 0.2) is 0 Å². The Balaban J connectivity index is 1.80. The molecule has 1 heterocycles. The van der Waals surface area contributed by atoms with E-state index in [0.29, 0.717) is 22.2 Å². The molecular formula is C28H22Cl2N2O. The van der Waals surface area contributed by atoms with E-state index in [1.807, 2.05) is 36.4 Å². The summed E-state index contributed by atoms with van der Waals surface area (Å²) in [6.45, 7) is 4.90. The van der Waals surface area contributed by atoms with Gasteiger partial charge in [0.2, 0.25) is 5.91 Å². The molecule has 1 amide bonds. The van der Waals surface area contributed by atoms with Crippen molar-refractivity contribution in [3.05, 3.63) is 105 Å². The second-order valence-electron chi connectivity index (χ2n) is 8.42. The monoisotopic (exact) mass is 472 g/mol. The molecule has 0 aliphatic carbocycles. The first-order valence-electron chi connectivity index (χ1n) is 10.7. The molecule has 0 saturated heterocycles. The third-order valence-electron chi connectivity index (χ3n) is 6.31. The maximum Gasteiger partial charge on any atom is 0.249 e. The molecule has 5 rings (SSSR count). The van der Waals surface area contributed by atoms with Crippen LogP contribution in [0.15, 0.2) is 72.8 Å². The van der Waals surface area contributed by atoms with Crippen molar-refractivity contribution in [1.82, 2.24) is 4.57 Å². The van der Waals surface area contributed by atoms with Crippen LogP contribution in [-0.2, 0) is 6.54 Å². The topological polar surface area (TPSA) is 48.0 Å². The van der Waals surface area contributed by atoms with Crippen LogP contribution in [0, 0.1) is 13.8 Å². The summed E-state index contributed by atoms with van der Waals surface area (Å²) in [5.41, 5.74) is 13.8. The Labute approximate surface area is 202 Å². The lowest BCUT2D eigenvalue weighted by atomic mass is 10.0. The molecule has 3 nitrogen and oxygen atoms in total. The number of nitrogens with two attached hydrogens (primary N) is 1. The molecule has 164 valence electrons. The quantitative estimate of drug-likeness (QED) is 0.288. The third-order valence-corrected chi connectivity index (χ3v) is 6.86. The Bertz CT molecular complexity index is 1570. The number of aryl methyl sites for hydroxylation is 2. The molecule has 4 aromatic carbocycles. The van der Waals surface area contributed by atoms with Gasteiger partial charge in [-0.2, -0.15) is 0 Å². The highest BCUT2D eigenvalue weighted by Gasteiger charge is 2.18. The average Bonchev–Trinajstić information content (AvgIpc) is 3.09. The van der Waals surface area contributed by atoms with Crippen molar-refractivity contribution in [3.8, 4) is 11.1 Å². The molecule has 0 unspecified atom stereocenters. The summed E-state index contributed by atoms with van der Waals surface area (Å²) >= 11 is 12.6. The fraction of sp³-hybridized carbons (Fsp3) is 0.107. The highest BCUT2D eigenvalue weighted by molar-refractivity contribution is 6.36. The van der Waals surface area contributed by atoms with Crippen LogP contribution < -0.4 is 5.73 Å². The van der Waals surface area contributed by atoms with E-state index in [2.05, 4.69) is 42.7 Å². The Hall–Kier alpha value is -3.27. The molecular weight excluding hydrogens is 451 g/mol. The van der Waals surface area contributed by atoms with Crippen molar-refractivity contribution >= 4 is 50.9 Å². The van der Waals surface area contributed by atoms with E-state index in [0.717, 1.165) is 32.9 Å². The van der Waals surface area contributed by atoms with E-state index in [1.54, 1.807) is 12.1 Å². The summed E-state index contributed by atoms with van der Waals surface area (Å²) in [4.78, 5) is 12.3. The van der Waals surface area contributed by atoms with E-state index in [4.69, 9.17) is 28.9 Å². The van der Waals surface area contributed by atoms with E-state index < -0.39 is 5.91 Å². The number of nitrogens with zero attached hydrogens (tertiary/aromatic N) is 1. The fourth-order valence-electron chi connectivity index (χ4n) is 4.50. The minimum atomic E-state index is -0.435. The fourth-order valence-corrected chi connectivity index (χ4v) is 5.01. The summed E-state index contributed by atoms with van der Waals surface area (Å²) in [5.74, 6) is -0.435. The summed E-state index contributed by atoms with van der Waals surface area (Å²) in [6, 6.07) is 23.9. The van der Waals surface area contributed by atoms with Gasteiger partial charge in [0.25, 0.3) is 0 Å². The largest absolute Gasteiger partial charge is 0.366 e. The van der Waals surface area contributed by atoms with Gasteiger partial charge < -0.3 is 10.3 Å². The second kappa shape index (κ2) is 8.26. The molecule has 0 spiro atoms. The van der Waals surface area contributed by atoms with Crippen LogP contribution in [0.3, 0.4) is 0 Å². The number of amides is 1. The Kier molecular flexibility index (Phi) is 5.40. The highest BCUT2D eigenvalue weighted by Crippen LogP contribution is 2.37. The molecule has 0 bridgehead atoms. The zero-order valence-corrected chi connectivity index (χ0v) is 19.8. The molecule has 0 radical (unpaired) electrons. The first-order chi connectivity index (χ1) is 15.8. The smallest absolute Gasteiger partial charge is 0.249 e. The van der Waals surface area contributed by atoms with Gasteiger partial charge in [0, 0.05) is 38.5 Å². The number of halogens is 2. The van der Waals surface area contributed by atoms with Crippen LogP contribution >= 0.6 is 23.2 Å². The van der Waals surface area contributed by atoms with Crippen LogP contribution in [0.2, 0.25) is 10.0 Å². The van der Waals surface area contributed by atoms with E-state index in [1.165, 1.54) is 16.7 Å². The summed E-state index contributed by atoms with van der Waals surface area (Å²) < 4.78 is 2.24. The molecule has 1 aromatic heterocycles. The molecule has 33 heavy (non-hydrogen) atoms. The Morgan fingerprint density at radius 2 is 1.70 bits per heavy atom. The van der Waals surface area contributed by atoms with E-state index in [-0.39, 0.29) is 0 Å². The van der Waals surface area contributed by atoms with Crippen molar-refractivity contribution in [2.75, 3.05) is 0 Å². The number of hydrogen-bond donors (Lipinski definition) is 1. The number of rotatable bonds is 4. The number of fused-ring (bicyclic) bond motifs is 3. The summed E-state index contributed by atoms with van der Waals surface area (Å²) in [7, 11) is 0. The standard InChI is InChI=1S/C28H22Cl2N2O/c1-16-6-7-18(12-17(16)2)15-32-25-5-3-4-23(28(31)33)27(25)22-10-8-19(13-26(22)32)21-11-9-20(29)14-24(21)30/h3-14H,15H2,1-2H3,(H2,31,33). The number of aromatic nitrogens is 1. The first kappa shape index (κ1) is 21.6. The van der Waals surface area contributed by atoms with Gasteiger partial charge in [-0.05, 0) is 66.4 Å². The lowest BCUT2D eigenvalue weighted by Crippen LogP contribution is -2.11. The predicted molar refractivity (Wildman–Crippen MR) is 138 cm³/mol. The molecule has 0 saturated carbocycles. The number of carbonyl (C=O) groups is 1. The van der Waals surface area contributed by atoms with Crippen LogP contribution in [0.5, 0.6) is 0 Å². The number of hydrogen-bond acceptors (Lipinski definition) is 1. The van der Waals surface area contributed by atoms with Gasteiger partial charge in [0.1, 0.15) is 0 Å². The Morgan fingerprint density at radius 3 is 2.42 bits per heavy atom. The normalized spacial score (nSPS) is 11.4. The van der Waals surface area contributed by atoms with Gasteiger partial charge in [-0.25, -0.2) is 0 Å². The molecule has 5 aromatic rings. The highest BCUT2D eigenvalue weighted by atomic mass is 35.5. The van der Waals surface area contributed by atoms with E-state index >= 15 is 0 Å². The zero-order valence-electron chi connectivity index (χ0n) is 18.3. The molecule has 0 aliphatic heterocycles. The first-order valence-corrected chi connectivity index (χ1v) is 11.5. The molecule has 2 N–H and O–H groups in total. The van der Waals surface area contributed by atoms with Crippen molar-refractivity contribution in [2.45, 2.75) is 20.4 Å². The molecule has 0 atom stereocenters. The number of carbonyl (C=O) groups excluding carboxylic acids is 1. The van der Waals surface area contributed by atoms with Gasteiger partial charge in [-0.1, -0.05) is 65.7 Å². The lowest BCUT2D eigenvalue weighted by Gasteiger charge is -2.11. The summed E-state index contributed by atoms with van der Waals surface area (Å²) in [6.07, 6.45) is 0. The van der Waals surface area contributed by atoms with Crippen molar-refractivity contribution in [2.24, 2.45) is 5.73 Å². The Morgan fingerprint density at radius 1 is 0.879 bits per heavy atom. The van der Waals surface area contributed by atoms with Crippen LogP contribution in [-0.4, -0.2) is 10.5 Å². The van der Waals surface area contributed by atoms with Gasteiger partial charge >= 0.3 is 0 Å². The van der Waals surface area contributed by atoms with Crippen LogP contribution in [0.4, 0.5) is 0 Å². The minimum Gasteiger partial charge on any atom is -0.366 e. The second-order valence-corrected chi connectivity index (χ2v) is 9.27. The van der Waals surface area contributed by atoms with Gasteiger partial charge in [-0.3, -0.25) is 4.79 Å². The zero-order chi connectivity index (χ0) is 23.3. The third kappa shape index (κ3) is 3.78. The van der Waals surface area contributed by atoms with Gasteiger partial charge in [0.05, 0.1) is 11.0 Å². The number of benzene rings is 4. The maximum atomic E-state index is 12.3. The SMILES string of the molecule is Cc1ccc(Cn2c3cc(-c4ccc(Cl)cc4Cl)ccc3c3c(C(N)=O)cccc32)cc1C. The van der Waals surface area contributed by atoms with Crippen molar-refractivity contribution in [3.63, 3.8) is 0 Å². The summed E-state index contributed by atoms with van der Waals surface area (Å²) in [5, 5.41) is 3.05.